The molecular formula is C37H35NO6. The number of esters is 2. The molecule has 7 heteroatoms. The minimum atomic E-state index is -1.12. The van der Waals surface area contributed by atoms with Gasteiger partial charge in [-0.15, -0.1) is 0 Å². The topological polar surface area (TPSA) is 102 Å². The van der Waals surface area contributed by atoms with Crippen molar-refractivity contribution in [1.29, 1.82) is 0 Å². The Kier molecular flexibility index (Phi) is 14.2. The lowest BCUT2D eigenvalue weighted by atomic mass is 10.1. The van der Waals surface area contributed by atoms with Crippen LogP contribution in [0.15, 0.2) is 109 Å². The van der Waals surface area contributed by atoms with Crippen molar-refractivity contribution in [3.8, 4) is 23.7 Å². The summed E-state index contributed by atoms with van der Waals surface area (Å²) in [5.74, 6) is 10.6. The summed E-state index contributed by atoms with van der Waals surface area (Å²) in [5, 5.41) is 12.1. The lowest BCUT2D eigenvalue weighted by Gasteiger charge is -2.18. The fourth-order valence-electron chi connectivity index (χ4n) is 3.57. The van der Waals surface area contributed by atoms with Gasteiger partial charge < -0.3 is 19.9 Å². The van der Waals surface area contributed by atoms with Gasteiger partial charge in [-0.1, -0.05) is 67.5 Å². The van der Waals surface area contributed by atoms with Gasteiger partial charge in [-0.3, -0.25) is 4.79 Å². The SMILES string of the molecule is C.COC(=O)[C@@H](NC(=O)c1ccc(C#Cc2ccccc2)cc1)[C@@H](C)O.COC(=O)c1ccc(C#Cc2ccccc2)cc1. The van der Waals surface area contributed by atoms with Crippen molar-refractivity contribution in [3.63, 3.8) is 0 Å². The summed E-state index contributed by atoms with van der Waals surface area (Å²) in [7, 11) is 2.57. The van der Waals surface area contributed by atoms with E-state index in [1.807, 2.05) is 72.8 Å². The van der Waals surface area contributed by atoms with E-state index >= 15 is 0 Å². The fraction of sp³-hybridized carbons (Fsp3) is 0.162. The third-order valence-electron chi connectivity index (χ3n) is 5.93. The van der Waals surface area contributed by atoms with Gasteiger partial charge in [-0.2, -0.15) is 0 Å². The zero-order valence-electron chi connectivity index (χ0n) is 24.0. The highest BCUT2D eigenvalue weighted by atomic mass is 16.5. The van der Waals surface area contributed by atoms with Gasteiger partial charge in [0.1, 0.15) is 0 Å². The highest BCUT2D eigenvalue weighted by molar-refractivity contribution is 5.97. The third-order valence-corrected chi connectivity index (χ3v) is 5.93. The fourth-order valence-corrected chi connectivity index (χ4v) is 3.57. The Morgan fingerprint density at radius 3 is 1.36 bits per heavy atom. The maximum Gasteiger partial charge on any atom is 0.337 e. The molecule has 2 N–H and O–H groups in total. The molecule has 0 radical (unpaired) electrons. The normalized spacial score (nSPS) is 10.7. The van der Waals surface area contributed by atoms with E-state index in [1.165, 1.54) is 21.1 Å². The first kappa shape index (κ1) is 34.6. The Labute approximate surface area is 258 Å². The van der Waals surface area contributed by atoms with Gasteiger partial charge >= 0.3 is 11.9 Å². The molecule has 7 nitrogen and oxygen atoms in total. The van der Waals surface area contributed by atoms with E-state index in [9.17, 15) is 19.5 Å². The molecule has 1 amide bonds. The minimum absolute atomic E-state index is 0. The smallest absolute Gasteiger partial charge is 0.337 e. The number of aliphatic hydroxyl groups excluding tert-OH is 1. The van der Waals surface area contributed by atoms with Crippen LogP contribution in [0.5, 0.6) is 0 Å². The zero-order valence-corrected chi connectivity index (χ0v) is 24.0. The number of hydrogen-bond acceptors (Lipinski definition) is 6. The molecule has 4 rings (SSSR count). The molecule has 0 spiro atoms. The van der Waals surface area contributed by atoms with Crippen molar-refractivity contribution in [2.24, 2.45) is 0 Å². The maximum absolute atomic E-state index is 12.2. The number of carbonyl (C=O) groups is 3. The number of carbonyl (C=O) groups excluding carboxylic acids is 3. The van der Waals surface area contributed by atoms with Crippen LogP contribution in [-0.4, -0.2) is 49.3 Å². The summed E-state index contributed by atoms with van der Waals surface area (Å²) in [6.45, 7) is 1.41. The molecule has 0 bridgehead atoms. The molecule has 0 fully saturated rings. The first-order chi connectivity index (χ1) is 20.8. The van der Waals surface area contributed by atoms with E-state index in [4.69, 9.17) is 0 Å². The van der Waals surface area contributed by atoms with E-state index in [2.05, 4.69) is 38.5 Å². The van der Waals surface area contributed by atoms with Crippen LogP contribution in [0.3, 0.4) is 0 Å². The lowest BCUT2D eigenvalue weighted by molar-refractivity contribution is -0.145. The van der Waals surface area contributed by atoms with Gasteiger partial charge in [0.05, 0.1) is 25.9 Å². The molecule has 0 saturated heterocycles. The third kappa shape index (κ3) is 11.0. The van der Waals surface area contributed by atoms with Crippen molar-refractivity contribution >= 4 is 17.8 Å². The summed E-state index contributed by atoms with van der Waals surface area (Å²) >= 11 is 0. The lowest BCUT2D eigenvalue weighted by Crippen LogP contribution is -2.48. The highest BCUT2D eigenvalue weighted by Crippen LogP contribution is 2.07. The van der Waals surface area contributed by atoms with Crippen LogP contribution >= 0.6 is 0 Å². The average molecular weight is 590 g/mol. The second-order valence-electron chi connectivity index (χ2n) is 9.09. The summed E-state index contributed by atoms with van der Waals surface area (Å²) in [5.41, 5.74) is 4.39. The van der Waals surface area contributed by atoms with Gasteiger partial charge in [0.2, 0.25) is 0 Å². The van der Waals surface area contributed by atoms with E-state index in [0.29, 0.717) is 11.1 Å². The number of rotatable bonds is 5. The Hall–Kier alpha value is -5.63. The number of nitrogens with one attached hydrogen (secondary N) is 1. The molecular weight excluding hydrogens is 554 g/mol. The largest absolute Gasteiger partial charge is 0.467 e. The Morgan fingerprint density at radius 1 is 0.614 bits per heavy atom. The maximum atomic E-state index is 12.2. The van der Waals surface area contributed by atoms with E-state index in [0.717, 1.165) is 22.3 Å². The number of aliphatic hydroxyl groups is 1. The summed E-state index contributed by atoms with van der Waals surface area (Å²) in [4.78, 5) is 35.0. The molecule has 224 valence electrons. The number of ether oxygens (including phenoxy) is 2. The van der Waals surface area contributed by atoms with Crippen LogP contribution in [0.25, 0.3) is 0 Å². The van der Waals surface area contributed by atoms with E-state index in [1.54, 1.807) is 36.4 Å². The summed E-state index contributed by atoms with van der Waals surface area (Å²) < 4.78 is 9.20. The Morgan fingerprint density at radius 2 is 1.00 bits per heavy atom. The monoisotopic (exact) mass is 589 g/mol. The van der Waals surface area contributed by atoms with Crippen LogP contribution in [0, 0.1) is 23.7 Å². The molecule has 0 saturated carbocycles. The number of amides is 1. The average Bonchev–Trinajstić information content (AvgIpc) is 3.06. The number of benzene rings is 4. The van der Waals surface area contributed by atoms with E-state index < -0.39 is 24.0 Å². The van der Waals surface area contributed by atoms with Crippen LogP contribution in [-0.2, 0) is 14.3 Å². The number of hydrogen-bond donors (Lipinski definition) is 2. The molecule has 4 aromatic rings. The van der Waals surface area contributed by atoms with Gasteiger partial charge in [-0.25, -0.2) is 9.59 Å². The predicted molar refractivity (Wildman–Crippen MR) is 171 cm³/mol. The van der Waals surface area contributed by atoms with Crippen molar-refractivity contribution in [2.45, 2.75) is 26.5 Å². The predicted octanol–water partition coefficient (Wildman–Crippen LogP) is 5.25. The standard InChI is InChI=1S/C20H19NO4.C16H12O2.CH4/c1-14(22)18(20(24)25-2)21-19(23)17-12-10-16(11-13-17)9-8-15-6-4-3-5-7-15;1-18-16(17)15-11-9-14(10-12-15)8-7-13-5-3-2-4-6-13;/h3-7,10-14,18,22H,1-2H3,(H,21,23);2-6,9-12H,1H3;1H4/t14-,18+;;/m1../s1. The molecule has 0 aromatic heterocycles. The zero-order chi connectivity index (χ0) is 31.0. The van der Waals surface area contributed by atoms with Crippen molar-refractivity contribution in [1.82, 2.24) is 5.32 Å². The molecule has 0 heterocycles. The van der Waals surface area contributed by atoms with Crippen molar-refractivity contribution < 1.29 is 29.0 Å². The van der Waals surface area contributed by atoms with Gasteiger partial charge in [0, 0.05) is 27.8 Å². The van der Waals surface area contributed by atoms with Gasteiger partial charge in [0.25, 0.3) is 5.91 Å². The summed E-state index contributed by atoms with van der Waals surface area (Å²) in [6.07, 6.45) is -1.06. The van der Waals surface area contributed by atoms with E-state index in [-0.39, 0.29) is 13.4 Å². The molecule has 0 aliphatic rings. The Balaban J connectivity index is 0.000000315. The molecule has 0 aliphatic heterocycles. The number of methoxy groups -OCH3 is 2. The second kappa shape index (κ2) is 18.0. The van der Waals surface area contributed by atoms with Crippen molar-refractivity contribution in [2.75, 3.05) is 14.2 Å². The summed E-state index contributed by atoms with van der Waals surface area (Å²) in [6, 6.07) is 31.9. The van der Waals surface area contributed by atoms with Crippen molar-refractivity contribution in [3.05, 3.63) is 143 Å². The molecule has 44 heavy (non-hydrogen) atoms. The second-order valence-corrected chi connectivity index (χ2v) is 9.09. The molecule has 2 atom stereocenters. The molecule has 0 unspecified atom stereocenters. The minimum Gasteiger partial charge on any atom is -0.467 e. The van der Waals surface area contributed by atoms with Gasteiger partial charge in [0.15, 0.2) is 6.04 Å². The van der Waals surface area contributed by atoms with Crippen LogP contribution < -0.4 is 5.32 Å². The molecule has 4 aromatic carbocycles. The van der Waals surface area contributed by atoms with Crippen LogP contribution in [0.2, 0.25) is 0 Å². The first-order valence-electron chi connectivity index (χ1n) is 13.3. The van der Waals surface area contributed by atoms with Crippen LogP contribution in [0.4, 0.5) is 0 Å². The molecule has 0 aliphatic carbocycles. The quantitative estimate of drug-likeness (QED) is 0.244. The van der Waals surface area contributed by atoms with Crippen LogP contribution in [0.1, 0.15) is 57.3 Å². The Bertz CT molecular complexity index is 1620. The van der Waals surface area contributed by atoms with Gasteiger partial charge in [-0.05, 0) is 79.7 Å². The first-order valence-corrected chi connectivity index (χ1v) is 13.3. The highest BCUT2D eigenvalue weighted by Gasteiger charge is 2.26.